The summed E-state index contributed by atoms with van der Waals surface area (Å²) in [5.41, 5.74) is 3.33. The van der Waals surface area contributed by atoms with Crippen LogP contribution in [0.2, 0.25) is 0 Å². The highest BCUT2D eigenvalue weighted by molar-refractivity contribution is 5.94. The van der Waals surface area contributed by atoms with Crippen LogP contribution in [0.5, 0.6) is 5.75 Å². The number of hydrogen-bond acceptors (Lipinski definition) is 3. The molecule has 1 N–H and O–H groups in total. The third kappa shape index (κ3) is 5.87. The largest absolute Gasteiger partial charge is 0.494 e. The summed E-state index contributed by atoms with van der Waals surface area (Å²) < 4.78 is 5.86. The molecule has 1 heterocycles. The number of aryl methyl sites for hydroxylation is 1. The number of ether oxygens (including phenoxy) is 1. The van der Waals surface area contributed by atoms with Crippen LogP contribution in [0.3, 0.4) is 0 Å². The third-order valence-corrected chi connectivity index (χ3v) is 4.68. The van der Waals surface area contributed by atoms with Crippen LogP contribution in [0.4, 0.5) is 5.69 Å². The molecule has 0 aliphatic carbocycles. The predicted molar refractivity (Wildman–Crippen MR) is 109 cm³/mol. The lowest BCUT2D eigenvalue weighted by molar-refractivity contribution is -0.116. The monoisotopic (exact) mass is 362 g/mol. The molecule has 0 atom stereocenters. The molecule has 27 heavy (non-hydrogen) atoms. The van der Waals surface area contributed by atoms with Gasteiger partial charge < -0.3 is 10.1 Å². The van der Waals surface area contributed by atoms with Gasteiger partial charge in [0, 0.05) is 24.7 Å². The minimum Gasteiger partial charge on any atom is -0.494 e. The number of carbonyl (C=O) groups excluding carboxylic acids is 1. The lowest BCUT2D eigenvalue weighted by atomic mass is 10.0. The predicted octanol–water partition coefficient (Wildman–Crippen LogP) is 3.87. The summed E-state index contributed by atoms with van der Waals surface area (Å²) in [6.45, 7) is 3.13. The average molecular weight is 362 g/mol. The first-order chi connectivity index (χ1) is 13.2. The van der Waals surface area contributed by atoms with E-state index in [2.05, 4.69) is 40.4 Å². The Bertz CT molecular complexity index is 796. The van der Waals surface area contributed by atoms with Crippen LogP contribution in [0.25, 0.3) is 0 Å². The standard InChI is InChI=1S/C23H26N2O2/c1-2-14-25(18-19-8-4-3-5-9-19)15-6-7-16-27-21-12-10-20-11-13-23(26)24-22(20)17-21/h1,3-5,8-10,12,17H,6-7,11,13-16,18H2,(H,24,26). The molecule has 0 spiro atoms. The summed E-state index contributed by atoms with van der Waals surface area (Å²) in [7, 11) is 0. The van der Waals surface area contributed by atoms with Gasteiger partial charge in [-0.3, -0.25) is 9.69 Å². The number of anilines is 1. The van der Waals surface area contributed by atoms with Gasteiger partial charge in [-0.05, 0) is 43.0 Å². The van der Waals surface area contributed by atoms with Gasteiger partial charge in [-0.1, -0.05) is 42.3 Å². The Morgan fingerprint density at radius 1 is 1.11 bits per heavy atom. The molecule has 0 fully saturated rings. The maximum absolute atomic E-state index is 11.5. The number of amides is 1. The Labute approximate surface area is 161 Å². The zero-order valence-corrected chi connectivity index (χ0v) is 15.6. The first kappa shape index (κ1) is 19.0. The molecule has 140 valence electrons. The molecule has 3 rings (SSSR count). The number of hydrogen-bond donors (Lipinski definition) is 1. The zero-order chi connectivity index (χ0) is 18.9. The van der Waals surface area contributed by atoms with Crippen molar-refractivity contribution in [1.29, 1.82) is 0 Å². The molecule has 0 aromatic heterocycles. The Morgan fingerprint density at radius 3 is 2.78 bits per heavy atom. The van der Waals surface area contributed by atoms with Gasteiger partial charge in [-0.25, -0.2) is 0 Å². The summed E-state index contributed by atoms with van der Waals surface area (Å²) in [5.74, 6) is 3.63. The number of benzene rings is 2. The highest BCUT2D eigenvalue weighted by atomic mass is 16.5. The Hall–Kier alpha value is -2.77. The molecule has 2 aromatic rings. The van der Waals surface area contributed by atoms with E-state index in [0.29, 0.717) is 19.6 Å². The molecule has 0 bridgehead atoms. The fraction of sp³-hybridized carbons (Fsp3) is 0.348. The van der Waals surface area contributed by atoms with Gasteiger partial charge in [0.2, 0.25) is 5.91 Å². The van der Waals surface area contributed by atoms with E-state index in [4.69, 9.17) is 11.2 Å². The molecule has 1 aliphatic heterocycles. The number of nitrogens with one attached hydrogen (secondary N) is 1. The molecule has 1 amide bonds. The molecule has 0 unspecified atom stereocenters. The number of fused-ring (bicyclic) bond motifs is 1. The highest BCUT2D eigenvalue weighted by Gasteiger charge is 2.15. The number of nitrogens with zero attached hydrogens (tertiary/aromatic N) is 1. The number of unbranched alkanes of at least 4 members (excludes halogenated alkanes) is 1. The highest BCUT2D eigenvalue weighted by Crippen LogP contribution is 2.27. The van der Waals surface area contributed by atoms with Gasteiger partial charge in [0.25, 0.3) is 0 Å². The van der Waals surface area contributed by atoms with Gasteiger partial charge in [-0.15, -0.1) is 6.42 Å². The first-order valence-corrected chi connectivity index (χ1v) is 9.50. The first-order valence-electron chi connectivity index (χ1n) is 9.50. The Morgan fingerprint density at radius 2 is 1.96 bits per heavy atom. The van der Waals surface area contributed by atoms with Crippen molar-refractivity contribution < 1.29 is 9.53 Å². The molecule has 0 saturated heterocycles. The topological polar surface area (TPSA) is 41.6 Å². The molecule has 0 radical (unpaired) electrons. The van der Waals surface area contributed by atoms with E-state index in [0.717, 1.165) is 43.8 Å². The van der Waals surface area contributed by atoms with E-state index in [1.54, 1.807) is 0 Å². The van der Waals surface area contributed by atoms with Crippen LogP contribution in [0.15, 0.2) is 48.5 Å². The Balaban J connectivity index is 1.41. The molecular formula is C23H26N2O2. The van der Waals surface area contributed by atoms with Crippen LogP contribution >= 0.6 is 0 Å². The van der Waals surface area contributed by atoms with Crippen molar-refractivity contribution in [2.24, 2.45) is 0 Å². The number of carbonyl (C=O) groups is 1. The maximum Gasteiger partial charge on any atom is 0.224 e. The van der Waals surface area contributed by atoms with Crippen LogP contribution in [-0.4, -0.2) is 30.5 Å². The van der Waals surface area contributed by atoms with Crippen molar-refractivity contribution in [3.63, 3.8) is 0 Å². The summed E-state index contributed by atoms with van der Waals surface area (Å²) in [4.78, 5) is 13.8. The molecule has 4 nitrogen and oxygen atoms in total. The number of terminal acetylenes is 1. The van der Waals surface area contributed by atoms with Gasteiger partial charge in [0.15, 0.2) is 0 Å². The minimum absolute atomic E-state index is 0.0756. The fourth-order valence-electron chi connectivity index (χ4n) is 3.25. The van der Waals surface area contributed by atoms with E-state index >= 15 is 0 Å². The molecule has 2 aromatic carbocycles. The summed E-state index contributed by atoms with van der Waals surface area (Å²) in [5, 5.41) is 2.91. The molecule has 4 heteroatoms. The van der Waals surface area contributed by atoms with Crippen molar-refractivity contribution >= 4 is 11.6 Å². The van der Waals surface area contributed by atoms with Crippen LogP contribution in [-0.2, 0) is 17.8 Å². The molecule has 0 saturated carbocycles. The van der Waals surface area contributed by atoms with Crippen molar-refractivity contribution in [2.45, 2.75) is 32.2 Å². The van der Waals surface area contributed by atoms with Gasteiger partial charge in [0.1, 0.15) is 5.75 Å². The van der Waals surface area contributed by atoms with Gasteiger partial charge in [0.05, 0.1) is 13.2 Å². The van der Waals surface area contributed by atoms with Gasteiger partial charge >= 0.3 is 0 Å². The average Bonchev–Trinajstić information content (AvgIpc) is 2.68. The van der Waals surface area contributed by atoms with E-state index in [1.807, 2.05) is 24.3 Å². The van der Waals surface area contributed by atoms with Crippen molar-refractivity contribution in [2.75, 3.05) is 25.0 Å². The second kappa shape index (κ2) is 9.80. The normalized spacial score (nSPS) is 13.0. The lowest BCUT2D eigenvalue weighted by Gasteiger charge is -2.20. The second-order valence-corrected chi connectivity index (χ2v) is 6.82. The van der Waals surface area contributed by atoms with E-state index in [9.17, 15) is 4.79 Å². The van der Waals surface area contributed by atoms with Crippen LogP contribution in [0.1, 0.15) is 30.4 Å². The number of rotatable bonds is 9. The van der Waals surface area contributed by atoms with E-state index in [-0.39, 0.29) is 5.91 Å². The zero-order valence-electron chi connectivity index (χ0n) is 15.6. The quantitative estimate of drug-likeness (QED) is 0.544. The third-order valence-electron chi connectivity index (χ3n) is 4.68. The maximum atomic E-state index is 11.5. The molecular weight excluding hydrogens is 336 g/mol. The van der Waals surface area contributed by atoms with Crippen molar-refractivity contribution in [3.05, 3.63) is 59.7 Å². The smallest absolute Gasteiger partial charge is 0.224 e. The second-order valence-electron chi connectivity index (χ2n) is 6.82. The molecule has 1 aliphatic rings. The summed E-state index contributed by atoms with van der Waals surface area (Å²) in [6, 6.07) is 16.3. The minimum atomic E-state index is 0.0756. The lowest BCUT2D eigenvalue weighted by Crippen LogP contribution is -2.25. The van der Waals surface area contributed by atoms with Crippen LogP contribution in [0, 0.1) is 12.3 Å². The van der Waals surface area contributed by atoms with Crippen molar-refractivity contribution in [3.8, 4) is 18.1 Å². The summed E-state index contributed by atoms with van der Waals surface area (Å²) >= 11 is 0. The fourth-order valence-corrected chi connectivity index (χ4v) is 3.25. The van der Waals surface area contributed by atoms with Gasteiger partial charge in [-0.2, -0.15) is 0 Å². The summed E-state index contributed by atoms with van der Waals surface area (Å²) in [6.07, 6.45) is 8.85. The van der Waals surface area contributed by atoms with Crippen molar-refractivity contribution in [1.82, 2.24) is 4.90 Å². The SMILES string of the molecule is C#CCN(CCCCOc1ccc2c(c1)NC(=O)CC2)Cc1ccccc1. The van der Waals surface area contributed by atoms with E-state index in [1.165, 1.54) is 11.1 Å². The van der Waals surface area contributed by atoms with E-state index < -0.39 is 0 Å². The van der Waals surface area contributed by atoms with Crippen LogP contribution < -0.4 is 10.1 Å². The Kier molecular flexibility index (Phi) is 6.90.